The minimum atomic E-state index is -3.55. The first-order chi connectivity index (χ1) is 9.76. The molecule has 1 aromatic heterocycles. The van der Waals surface area contributed by atoms with Gasteiger partial charge < -0.3 is 0 Å². The number of hydrogen-bond acceptors (Lipinski definition) is 3. The van der Waals surface area contributed by atoms with Crippen LogP contribution in [0.4, 0.5) is 0 Å². The third-order valence-corrected chi connectivity index (χ3v) is 5.57. The summed E-state index contributed by atoms with van der Waals surface area (Å²) in [6, 6.07) is 6.06. The molecule has 0 bridgehead atoms. The Morgan fingerprint density at radius 2 is 1.90 bits per heavy atom. The third-order valence-electron chi connectivity index (χ3n) is 3.85. The highest BCUT2D eigenvalue weighted by molar-refractivity contribution is 7.87. The molecule has 1 atom stereocenters. The van der Waals surface area contributed by atoms with E-state index >= 15 is 0 Å². The van der Waals surface area contributed by atoms with Gasteiger partial charge in [0.05, 0.1) is 0 Å². The Morgan fingerprint density at radius 3 is 2.52 bits per heavy atom. The maximum atomic E-state index is 12.4. The van der Waals surface area contributed by atoms with Crippen LogP contribution in [0.25, 0.3) is 0 Å². The van der Waals surface area contributed by atoms with Gasteiger partial charge in [0.25, 0.3) is 0 Å². The molecule has 0 spiro atoms. The summed E-state index contributed by atoms with van der Waals surface area (Å²) in [6.07, 6.45) is 3.02. The van der Waals surface area contributed by atoms with E-state index in [-0.39, 0.29) is 5.92 Å². The predicted molar refractivity (Wildman–Crippen MR) is 83.7 cm³/mol. The van der Waals surface area contributed by atoms with E-state index in [1.54, 1.807) is 0 Å². The maximum absolute atomic E-state index is 12.4. The summed E-state index contributed by atoms with van der Waals surface area (Å²) in [6.45, 7) is 6.08. The lowest BCUT2D eigenvalue weighted by molar-refractivity contribution is 0.507. The van der Waals surface area contributed by atoms with Crippen LogP contribution in [0, 0.1) is 13.8 Å². The second kappa shape index (κ2) is 5.61. The van der Waals surface area contributed by atoms with E-state index in [1.165, 1.54) is 45.9 Å². The summed E-state index contributed by atoms with van der Waals surface area (Å²) >= 11 is 0. The molecule has 0 radical (unpaired) electrons. The van der Waals surface area contributed by atoms with E-state index in [9.17, 15) is 8.42 Å². The van der Waals surface area contributed by atoms with Gasteiger partial charge in [-0.3, -0.25) is 0 Å². The Morgan fingerprint density at radius 1 is 1.24 bits per heavy atom. The molecule has 2 rings (SSSR count). The van der Waals surface area contributed by atoms with Crippen LogP contribution in [0.2, 0.25) is 0 Å². The molecule has 0 saturated heterocycles. The van der Waals surface area contributed by atoms with Crippen LogP contribution >= 0.6 is 0 Å². The molecule has 0 fully saturated rings. The quantitative estimate of drug-likeness (QED) is 0.871. The lowest BCUT2D eigenvalue weighted by Gasteiger charge is -2.19. The van der Waals surface area contributed by atoms with Crippen LogP contribution < -0.4 is 0 Å². The molecule has 0 N–H and O–H groups in total. The Kier molecular flexibility index (Phi) is 4.20. The fourth-order valence-corrected chi connectivity index (χ4v) is 3.36. The lowest BCUT2D eigenvalue weighted by Crippen LogP contribution is -2.30. The summed E-state index contributed by atoms with van der Waals surface area (Å²) in [4.78, 5) is 4.27. The first kappa shape index (κ1) is 15.7. The molecular formula is C15H21N3O2S. The van der Waals surface area contributed by atoms with E-state index in [0.29, 0.717) is 5.82 Å². The zero-order chi connectivity index (χ0) is 15.8. The van der Waals surface area contributed by atoms with Crippen molar-refractivity contribution >= 4 is 10.2 Å². The minimum absolute atomic E-state index is 0.102. The summed E-state index contributed by atoms with van der Waals surface area (Å²) in [7, 11) is -0.522. The Balaban J connectivity index is 2.54. The number of aromatic nitrogens is 2. The van der Waals surface area contributed by atoms with Crippen LogP contribution in [0.1, 0.15) is 35.4 Å². The molecule has 0 amide bonds. The van der Waals surface area contributed by atoms with E-state index < -0.39 is 10.2 Å². The van der Waals surface area contributed by atoms with Crippen molar-refractivity contribution in [2.45, 2.75) is 26.7 Å². The minimum Gasteiger partial charge on any atom is -0.240 e. The molecule has 1 heterocycles. The third kappa shape index (κ3) is 2.73. The van der Waals surface area contributed by atoms with Crippen molar-refractivity contribution in [1.29, 1.82) is 0 Å². The smallest absolute Gasteiger partial charge is 0.240 e. The number of aryl methyl sites for hydroxylation is 1. The highest BCUT2D eigenvalue weighted by atomic mass is 32.2. The van der Waals surface area contributed by atoms with Crippen molar-refractivity contribution in [2.75, 3.05) is 14.1 Å². The number of nitrogens with zero attached hydrogens (tertiary/aromatic N) is 3. The summed E-state index contributed by atoms with van der Waals surface area (Å²) < 4.78 is 27.1. The number of imidazole rings is 1. The summed E-state index contributed by atoms with van der Waals surface area (Å²) in [5.74, 6) is 0.423. The molecule has 0 saturated carbocycles. The number of benzene rings is 1. The Labute approximate surface area is 126 Å². The Hall–Kier alpha value is -1.66. The van der Waals surface area contributed by atoms with Gasteiger partial charge in [0.2, 0.25) is 0 Å². The van der Waals surface area contributed by atoms with Crippen molar-refractivity contribution in [2.24, 2.45) is 0 Å². The van der Waals surface area contributed by atoms with E-state index in [0.717, 1.165) is 5.56 Å². The van der Waals surface area contributed by atoms with Gasteiger partial charge in [-0.15, -0.1) is 0 Å². The molecule has 5 nitrogen and oxygen atoms in total. The van der Waals surface area contributed by atoms with Gasteiger partial charge in [0.15, 0.2) is 0 Å². The molecular weight excluding hydrogens is 286 g/mol. The normalized spacial score (nSPS) is 13.6. The molecule has 1 aromatic carbocycles. The van der Waals surface area contributed by atoms with Crippen molar-refractivity contribution in [1.82, 2.24) is 13.3 Å². The molecule has 0 aliphatic carbocycles. The van der Waals surface area contributed by atoms with Gasteiger partial charge in [-0.1, -0.05) is 25.1 Å². The highest BCUT2D eigenvalue weighted by Crippen LogP contribution is 2.28. The van der Waals surface area contributed by atoms with Gasteiger partial charge >= 0.3 is 10.2 Å². The largest absolute Gasteiger partial charge is 0.308 e. The highest BCUT2D eigenvalue weighted by Gasteiger charge is 2.24. The molecule has 0 aliphatic rings. The predicted octanol–water partition coefficient (Wildman–Crippen LogP) is 2.31. The van der Waals surface area contributed by atoms with E-state index in [2.05, 4.69) is 24.9 Å². The van der Waals surface area contributed by atoms with E-state index in [4.69, 9.17) is 0 Å². The Bertz CT molecular complexity index is 748. The second-order valence-corrected chi connectivity index (χ2v) is 7.40. The number of rotatable bonds is 4. The first-order valence-corrected chi connectivity index (χ1v) is 8.19. The molecule has 6 heteroatoms. The molecule has 114 valence electrons. The van der Waals surface area contributed by atoms with Crippen molar-refractivity contribution < 1.29 is 8.42 Å². The van der Waals surface area contributed by atoms with Gasteiger partial charge in [0.1, 0.15) is 5.82 Å². The fraction of sp³-hybridized carbons (Fsp3) is 0.400. The van der Waals surface area contributed by atoms with Gasteiger partial charge in [-0.2, -0.15) is 12.7 Å². The lowest BCUT2D eigenvalue weighted by atomic mass is 9.93. The molecule has 2 aromatic rings. The van der Waals surface area contributed by atoms with E-state index in [1.807, 2.05) is 19.1 Å². The van der Waals surface area contributed by atoms with Crippen LogP contribution in [-0.2, 0) is 10.2 Å². The number of hydrogen-bond donors (Lipinski definition) is 0. The van der Waals surface area contributed by atoms with Crippen molar-refractivity contribution in [3.8, 4) is 0 Å². The van der Waals surface area contributed by atoms with Gasteiger partial charge in [0, 0.05) is 32.4 Å². The van der Waals surface area contributed by atoms with Crippen LogP contribution in [0.15, 0.2) is 30.6 Å². The topological polar surface area (TPSA) is 55.2 Å². The van der Waals surface area contributed by atoms with Crippen molar-refractivity contribution in [3.05, 3.63) is 53.1 Å². The zero-order valence-corrected chi connectivity index (χ0v) is 13.8. The fourth-order valence-electron chi connectivity index (χ4n) is 2.36. The van der Waals surface area contributed by atoms with Crippen LogP contribution in [0.3, 0.4) is 0 Å². The monoisotopic (exact) mass is 307 g/mol. The maximum Gasteiger partial charge on any atom is 0.308 e. The second-order valence-electron chi connectivity index (χ2n) is 5.38. The average molecular weight is 307 g/mol. The molecule has 0 aliphatic heterocycles. The van der Waals surface area contributed by atoms with Crippen LogP contribution in [0.5, 0.6) is 0 Å². The van der Waals surface area contributed by atoms with Crippen LogP contribution in [-0.4, -0.2) is 35.8 Å². The zero-order valence-electron chi connectivity index (χ0n) is 13.0. The van der Waals surface area contributed by atoms with Gasteiger partial charge in [-0.25, -0.2) is 8.96 Å². The summed E-state index contributed by atoms with van der Waals surface area (Å²) in [5, 5.41) is 0. The SMILES string of the molecule is Cc1cccc(C(C)c2nccn2S(=O)(=O)N(C)C)c1C. The van der Waals surface area contributed by atoms with Gasteiger partial charge in [-0.05, 0) is 30.5 Å². The van der Waals surface area contributed by atoms with Crippen molar-refractivity contribution in [3.63, 3.8) is 0 Å². The first-order valence-electron chi connectivity index (χ1n) is 6.79. The standard InChI is InChI=1S/C15H21N3O2S/c1-11-7-6-8-14(12(11)2)13(3)15-16-9-10-18(15)21(19,20)17(4)5/h6-10,13H,1-5H3. The molecule has 21 heavy (non-hydrogen) atoms. The average Bonchev–Trinajstić information content (AvgIpc) is 2.91. The summed E-state index contributed by atoms with van der Waals surface area (Å²) in [5.41, 5.74) is 3.45. The molecule has 1 unspecified atom stereocenters.